The molecule has 0 radical (unpaired) electrons. The Hall–Kier alpha value is -3.62. The third-order valence-electron chi connectivity index (χ3n) is 4.44. The van der Waals surface area contributed by atoms with Crippen LogP contribution in [0.4, 0.5) is 19.0 Å². The normalized spacial score (nSPS) is 11.4. The van der Waals surface area contributed by atoms with E-state index in [1.165, 1.54) is 39.7 Å². The van der Waals surface area contributed by atoms with Crippen molar-refractivity contribution >= 4 is 17.6 Å². The number of aromatic nitrogens is 3. The van der Waals surface area contributed by atoms with Gasteiger partial charge in [-0.1, -0.05) is 18.7 Å². The lowest BCUT2D eigenvalue weighted by Crippen LogP contribution is -2.23. The molecule has 3 rings (SSSR count). The molecule has 9 heteroatoms. The minimum atomic E-state index is -2.92. The Morgan fingerprint density at radius 3 is 2.80 bits per heavy atom. The molecule has 2 heterocycles. The van der Waals surface area contributed by atoms with Gasteiger partial charge in [0.05, 0.1) is 18.4 Å². The third-order valence-corrected chi connectivity index (χ3v) is 4.44. The van der Waals surface area contributed by atoms with E-state index in [-0.39, 0.29) is 18.0 Å². The molecule has 0 aliphatic heterocycles. The van der Waals surface area contributed by atoms with Crippen molar-refractivity contribution in [1.29, 1.82) is 0 Å². The quantitative estimate of drug-likeness (QED) is 0.545. The topological polar surface area (TPSA) is 61.4 Å². The van der Waals surface area contributed by atoms with Crippen LogP contribution in [0.5, 0.6) is 5.75 Å². The van der Waals surface area contributed by atoms with Gasteiger partial charge in [-0.25, -0.2) is 14.2 Å². The summed E-state index contributed by atoms with van der Waals surface area (Å²) in [6.07, 6.45) is 4.02. The van der Waals surface area contributed by atoms with Crippen molar-refractivity contribution in [3.05, 3.63) is 82.4 Å². The Bertz CT molecular complexity index is 1170. The van der Waals surface area contributed by atoms with Crippen molar-refractivity contribution in [3.8, 4) is 5.75 Å². The van der Waals surface area contributed by atoms with Crippen LogP contribution >= 0.6 is 0 Å². The van der Waals surface area contributed by atoms with Gasteiger partial charge in [0.25, 0.3) is 0 Å². The fourth-order valence-electron chi connectivity index (χ4n) is 2.96. The zero-order valence-corrected chi connectivity index (χ0v) is 16.3. The fraction of sp³-hybridized carbons (Fsp3) is 0.190. The van der Waals surface area contributed by atoms with Gasteiger partial charge in [0.2, 0.25) is 0 Å². The molecule has 0 N–H and O–H groups in total. The number of pyridine rings is 1. The first-order chi connectivity index (χ1) is 14.3. The number of aliphatic imine (C=N–C) groups is 1. The largest absolute Gasteiger partial charge is 0.435 e. The maximum atomic E-state index is 13.4. The van der Waals surface area contributed by atoms with Crippen LogP contribution in [0.25, 0.3) is 5.57 Å². The van der Waals surface area contributed by atoms with Gasteiger partial charge in [-0.2, -0.15) is 8.78 Å². The van der Waals surface area contributed by atoms with Gasteiger partial charge in [0.15, 0.2) is 5.82 Å². The smallest absolute Gasteiger partial charge is 0.387 e. The van der Waals surface area contributed by atoms with Crippen LogP contribution in [-0.4, -0.2) is 26.9 Å². The van der Waals surface area contributed by atoms with Crippen molar-refractivity contribution in [1.82, 2.24) is 14.1 Å². The average Bonchev–Trinajstić information content (AvgIpc) is 2.89. The Morgan fingerprint density at radius 1 is 1.33 bits per heavy atom. The predicted octanol–water partition coefficient (Wildman–Crippen LogP) is 4.09. The Kier molecular flexibility index (Phi) is 6.20. The van der Waals surface area contributed by atoms with E-state index in [0.717, 1.165) is 6.20 Å². The highest BCUT2D eigenvalue weighted by Gasteiger charge is 2.14. The minimum absolute atomic E-state index is 0.00971. The van der Waals surface area contributed by atoms with Crippen molar-refractivity contribution in [2.24, 2.45) is 12.0 Å². The number of rotatable bonds is 7. The lowest BCUT2D eigenvalue weighted by atomic mass is 10.1. The molecule has 30 heavy (non-hydrogen) atoms. The van der Waals surface area contributed by atoms with E-state index in [9.17, 15) is 18.0 Å². The van der Waals surface area contributed by atoms with E-state index in [0.29, 0.717) is 28.2 Å². The molecule has 0 aliphatic carbocycles. The number of hydrogen-bond donors (Lipinski definition) is 0. The van der Waals surface area contributed by atoms with Crippen molar-refractivity contribution in [3.63, 3.8) is 0 Å². The number of nitrogens with zero attached hydrogens (tertiary/aromatic N) is 4. The van der Waals surface area contributed by atoms with Crippen LogP contribution in [0.15, 0.2) is 59.1 Å². The molecule has 0 atom stereocenters. The van der Waals surface area contributed by atoms with E-state index in [1.54, 1.807) is 26.1 Å². The number of alkyl halides is 2. The number of allylic oxidation sites excluding steroid dienone is 1. The first-order valence-corrected chi connectivity index (χ1v) is 8.90. The summed E-state index contributed by atoms with van der Waals surface area (Å²) < 4.78 is 45.4. The molecule has 0 saturated carbocycles. The van der Waals surface area contributed by atoms with Crippen molar-refractivity contribution in [2.75, 3.05) is 0 Å². The van der Waals surface area contributed by atoms with Gasteiger partial charge >= 0.3 is 12.3 Å². The van der Waals surface area contributed by atoms with Crippen LogP contribution in [-0.2, 0) is 13.6 Å². The summed E-state index contributed by atoms with van der Waals surface area (Å²) >= 11 is 0. The standard InChI is InChI=1S/C21H19F3N4O2/c1-13(16-5-4-6-18(8-16)30-20(23)24)9-26-19-14(2)28(21(29)27(19)3)12-15-7-17(22)11-25-10-15/h4-11,20H,1,12H2,2-3H3. The molecule has 0 spiro atoms. The summed E-state index contributed by atoms with van der Waals surface area (Å²) in [7, 11) is 1.57. The molecule has 6 nitrogen and oxygen atoms in total. The number of hydrogen-bond acceptors (Lipinski definition) is 4. The van der Waals surface area contributed by atoms with Gasteiger partial charge in [-0.15, -0.1) is 0 Å². The second-order valence-electron chi connectivity index (χ2n) is 6.54. The second kappa shape index (κ2) is 8.81. The van der Waals surface area contributed by atoms with E-state index >= 15 is 0 Å². The number of benzene rings is 1. The highest BCUT2D eigenvalue weighted by atomic mass is 19.3. The highest BCUT2D eigenvalue weighted by molar-refractivity contribution is 6.09. The van der Waals surface area contributed by atoms with E-state index in [4.69, 9.17) is 0 Å². The van der Waals surface area contributed by atoms with Gasteiger partial charge < -0.3 is 4.74 Å². The summed E-state index contributed by atoms with van der Waals surface area (Å²) in [5.74, 6) is -0.0808. The van der Waals surface area contributed by atoms with E-state index < -0.39 is 12.4 Å². The molecule has 2 aromatic heterocycles. The molecule has 156 valence electrons. The summed E-state index contributed by atoms with van der Waals surface area (Å²) in [6.45, 7) is 2.83. The first kappa shape index (κ1) is 21.1. The minimum Gasteiger partial charge on any atom is -0.435 e. The summed E-state index contributed by atoms with van der Waals surface area (Å²) in [5, 5.41) is 0. The summed E-state index contributed by atoms with van der Waals surface area (Å²) in [5.41, 5.74) is 1.79. The zero-order valence-electron chi connectivity index (χ0n) is 16.3. The van der Waals surface area contributed by atoms with E-state index in [1.807, 2.05) is 0 Å². The molecular weight excluding hydrogens is 397 g/mol. The van der Waals surface area contributed by atoms with Crippen molar-refractivity contribution in [2.45, 2.75) is 20.1 Å². The van der Waals surface area contributed by atoms with Crippen LogP contribution in [0.2, 0.25) is 0 Å². The Morgan fingerprint density at radius 2 is 2.10 bits per heavy atom. The SMILES string of the molecule is C=C(C=Nc1c(C)n(Cc2cncc(F)c2)c(=O)n1C)c1cccc(OC(F)F)c1. The molecule has 0 aliphatic rings. The molecule has 0 unspecified atom stereocenters. The Balaban J connectivity index is 1.85. The number of ether oxygens (including phenoxy) is 1. The van der Waals surface area contributed by atoms with Crippen LogP contribution in [0, 0.1) is 12.7 Å². The second-order valence-corrected chi connectivity index (χ2v) is 6.54. The zero-order chi connectivity index (χ0) is 21.8. The Labute approximate surface area is 170 Å². The van der Waals surface area contributed by atoms with Gasteiger partial charge in [-0.3, -0.25) is 14.1 Å². The summed E-state index contributed by atoms with van der Waals surface area (Å²) in [4.78, 5) is 20.7. The molecule has 0 saturated heterocycles. The van der Waals surface area contributed by atoms with Crippen LogP contribution < -0.4 is 10.4 Å². The molecule has 0 fully saturated rings. The molecule has 1 aromatic carbocycles. The number of imidazole rings is 1. The average molecular weight is 416 g/mol. The first-order valence-electron chi connectivity index (χ1n) is 8.90. The predicted molar refractivity (Wildman–Crippen MR) is 108 cm³/mol. The lowest BCUT2D eigenvalue weighted by Gasteiger charge is -2.06. The summed E-state index contributed by atoms with van der Waals surface area (Å²) in [6, 6.07) is 7.40. The fourth-order valence-corrected chi connectivity index (χ4v) is 2.96. The van der Waals surface area contributed by atoms with Crippen LogP contribution in [0.3, 0.4) is 0 Å². The monoisotopic (exact) mass is 416 g/mol. The molecule has 0 amide bonds. The van der Waals surface area contributed by atoms with Crippen LogP contribution in [0.1, 0.15) is 16.8 Å². The van der Waals surface area contributed by atoms with Crippen molar-refractivity contribution < 1.29 is 17.9 Å². The number of halogens is 3. The molecule has 0 bridgehead atoms. The van der Waals surface area contributed by atoms with Gasteiger partial charge in [0, 0.05) is 19.5 Å². The van der Waals surface area contributed by atoms with E-state index in [2.05, 4.69) is 21.3 Å². The van der Waals surface area contributed by atoms with Gasteiger partial charge in [0.1, 0.15) is 11.6 Å². The highest BCUT2D eigenvalue weighted by Crippen LogP contribution is 2.22. The molecular formula is C21H19F3N4O2. The maximum absolute atomic E-state index is 13.4. The third kappa shape index (κ3) is 4.68. The van der Waals surface area contributed by atoms with Gasteiger partial charge in [-0.05, 0) is 41.8 Å². The lowest BCUT2D eigenvalue weighted by molar-refractivity contribution is -0.0498. The maximum Gasteiger partial charge on any atom is 0.387 e. The molecule has 3 aromatic rings.